The fourth-order valence-electron chi connectivity index (χ4n) is 2.34. The molecule has 1 fully saturated rings. The van der Waals surface area contributed by atoms with Crippen LogP contribution in [0.2, 0.25) is 0 Å². The standard InChI is InChI=1S/C19H16F2N2O2/c1-19(11-25-12-19)23(2)18(24)17-8-4-13(10-22-17)3-5-14-9-15(20)6-7-16(14)21/h4,6-10H,11-12H2,1-2H3. The summed E-state index contributed by atoms with van der Waals surface area (Å²) in [6, 6.07) is 6.28. The summed E-state index contributed by atoms with van der Waals surface area (Å²) in [6.45, 7) is 2.94. The number of hydrogen-bond donors (Lipinski definition) is 0. The lowest BCUT2D eigenvalue weighted by Gasteiger charge is -2.45. The molecule has 2 aromatic rings. The van der Waals surface area contributed by atoms with Gasteiger partial charge in [-0.1, -0.05) is 11.8 Å². The average Bonchev–Trinajstić information content (AvgIpc) is 2.59. The van der Waals surface area contributed by atoms with E-state index in [0.717, 1.165) is 18.2 Å². The Kier molecular flexibility index (Phi) is 4.51. The highest BCUT2D eigenvalue weighted by Gasteiger charge is 2.40. The molecular formula is C19H16F2N2O2. The minimum absolute atomic E-state index is 0.0298. The van der Waals surface area contributed by atoms with E-state index in [1.807, 2.05) is 6.92 Å². The van der Waals surface area contributed by atoms with E-state index in [1.54, 1.807) is 24.1 Å². The van der Waals surface area contributed by atoms with E-state index in [9.17, 15) is 13.6 Å². The number of pyridine rings is 1. The molecule has 1 aromatic heterocycles. The molecule has 1 amide bonds. The highest BCUT2D eigenvalue weighted by Crippen LogP contribution is 2.24. The highest BCUT2D eigenvalue weighted by molar-refractivity contribution is 5.92. The molecule has 4 nitrogen and oxygen atoms in total. The first-order chi connectivity index (χ1) is 11.9. The third-order valence-corrected chi connectivity index (χ3v) is 4.19. The van der Waals surface area contributed by atoms with E-state index in [0.29, 0.717) is 18.8 Å². The number of rotatable bonds is 2. The van der Waals surface area contributed by atoms with E-state index < -0.39 is 11.6 Å². The Labute approximate surface area is 144 Å². The maximum atomic E-state index is 13.5. The Balaban J connectivity index is 1.76. The van der Waals surface area contributed by atoms with Crippen molar-refractivity contribution in [1.82, 2.24) is 9.88 Å². The van der Waals surface area contributed by atoms with Crippen LogP contribution in [-0.4, -0.2) is 41.6 Å². The number of amides is 1. The summed E-state index contributed by atoms with van der Waals surface area (Å²) in [4.78, 5) is 18.2. The van der Waals surface area contributed by atoms with Crippen LogP contribution in [0.25, 0.3) is 0 Å². The molecule has 0 aliphatic carbocycles. The van der Waals surface area contributed by atoms with Gasteiger partial charge >= 0.3 is 0 Å². The van der Waals surface area contributed by atoms with Crippen molar-refractivity contribution in [2.45, 2.75) is 12.5 Å². The van der Waals surface area contributed by atoms with Crippen LogP contribution < -0.4 is 0 Å². The summed E-state index contributed by atoms with van der Waals surface area (Å²) in [5.74, 6) is 3.93. The van der Waals surface area contributed by atoms with Gasteiger partial charge in [-0.05, 0) is 37.3 Å². The number of benzene rings is 1. The minimum atomic E-state index is -0.591. The molecular weight excluding hydrogens is 326 g/mol. The number of aromatic nitrogens is 1. The van der Waals surface area contributed by atoms with E-state index in [2.05, 4.69) is 16.8 Å². The van der Waals surface area contributed by atoms with E-state index >= 15 is 0 Å². The highest BCUT2D eigenvalue weighted by atomic mass is 19.1. The minimum Gasteiger partial charge on any atom is -0.376 e. The first-order valence-electron chi connectivity index (χ1n) is 7.68. The van der Waals surface area contributed by atoms with Crippen molar-refractivity contribution < 1.29 is 18.3 Å². The second-order valence-corrected chi connectivity index (χ2v) is 6.16. The lowest BCUT2D eigenvalue weighted by molar-refractivity contribution is -0.108. The average molecular weight is 342 g/mol. The van der Waals surface area contributed by atoms with Crippen molar-refractivity contribution in [2.24, 2.45) is 0 Å². The number of nitrogens with zero attached hydrogens (tertiary/aromatic N) is 2. The number of likely N-dealkylation sites (N-methyl/N-ethyl adjacent to an activating group) is 1. The third-order valence-electron chi connectivity index (χ3n) is 4.19. The lowest BCUT2D eigenvalue weighted by Crippen LogP contribution is -2.60. The molecule has 0 saturated carbocycles. The van der Waals surface area contributed by atoms with Gasteiger partial charge in [0, 0.05) is 18.8 Å². The van der Waals surface area contributed by atoms with Crippen LogP contribution in [0.4, 0.5) is 8.78 Å². The van der Waals surface area contributed by atoms with E-state index in [-0.39, 0.29) is 22.7 Å². The maximum Gasteiger partial charge on any atom is 0.272 e. The second-order valence-electron chi connectivity index (χ2n) is 6.16. The molecule has 1 aliphatic heterocycles. The van der Waals surface area contributed by atoms with Crippen LogP contribution in [0.15, 0.2) is 36.5 Å². The normalized spacial score (nSPS) is 14.9. The molecule has 128 valence electrons. The Morgan fingerprint density at radius 1 is 1.24 bits per heavy atom. The molecule has 0 N–H and O–H groups in total. The van der Waals surface area contributed by atoms with Gasteiger partial charge in [-0.3, -0.25) is 4.79 Å². The molecule has 1 aliphatic rings. The van der Waals surface area contributed by atoms with Crippen LogP contribution in [0.1, 0.15) is 28.5 Å². The van der Waals surface area contributed by atoms with Gasteiger partial charge in [0.15, 0.2) is 0 Å². The van der Waals surface area contributed by atoms with Crippen LogP contribution in [-0.2, 0) is 4.74 Å². The first kappa shape index (κ1) is 17.1. The summed E-state index contributed by atoms with van der Waals surface area (Å²) in [6.07, 6.45) is 1.44. The molecule has 6 heteroatoms. The Morgan fingerprint density at radius 2 is 2.00 bits per heavy atom. The number of carbonyl (C=O) groups excluding carboxylic acids is 1. The molecule has 2 heterocycles. The number of ether oxygens (including phenoxy) is 1. The zero-order chi connectivity index (χ0) is 18.0. The Hall–Kier alpha value is -2.78. The molecule has 0 bridgehead atoms. The monoisotopic (exact) mass is 342 g/mol. The van der Waals surface area contributed by atoms with Gasteiger partial charge in [0.25, 0.3) is 5.91 Å². The molecule has 0 unspecified atom stereocenters. The number of carbonyl (C=O) groups is 1. The fourth-order valence-corrected chi connectivity index (χ4v) is 2.34. The van der Waals surface area contributed by atoms with Gasteiger partial charge in [0.05, 0.1) is 24.3 Å². The van der Waals surface area contributed by atoms with Gasteiger partial charge < -0.3 is 9.64 Å². The lowest BCUT2D eigenvalue weighted by atomic mass is 9.98. The van der Waals surface area contributed by atoms with Crippen LogP contribution in [0.5, 0.6) is 0 Å². The summed E-state index contributed by atoms with van der Waals surface area (Å²) in [7, 11) is 1.72. The van der Waals surface area contributed by atoms with Gasteiger partial charge in [-0.25, -0.2) is 13.8 Å². The van der Waals surface area contributed by atoms with Gasteiger partial charge in [-0.2, -0.15) is 0 Å². The van der Waals surface area contributed by atoms with Crippen molar-refractivity contribution in [3.8, 4) is 11.8 Å². The van der Waals surface area contributed by atoms with Crippen molar-refractivity contribution in [2.75, 3.05) is 20.3 Å². The molecule has 1 aromatic carbocycles. The quantitative estimate of drug-likeness (QED) is 0.788. The number of halogens is 2. The smallest absolute Gasteiger partial charge is 0.272 e. The van der Waals surface area contributed by atoms with Gasteiger partial charge in [0.1, 0.15) is 17.3 Å². The summed E-state index contributed by atoms with van der Waals surface area (Å²) in [5, 5.41) is 0. The topological polar surface area (TPSA) is 42.4 Å². The molecule has 1 saturated heterocycles. The van der Waals surface area contributed by atoms with Crippen molar-refractivity contribution in [3.05, 3.63) is 65.0 Å². The summed E-state index contributed by atoms with van der Waals surface area (Å²) >= 11 is 0. The molecule has 25 heavy (non-hydrogen) atoms. The third kappa shape index (κ3) is 3.52. The van der Waals surface area contributed by atoms with E-state index in [1.165, 1.54) is 6.20 Å². The molecule has 0 atom stereocenters. The first-order valence-corrected chi connectivity index (χ1v) is 7.68. The SMILES string of the molecule is CN(C(=O)c1ccc(C#Cc2cc(F)ccc2F)cn1)C1(C)COC1. The molecule has 0 spiro atoms. The van der Waals surface area contributed by atoms with E-state index in [4.69, 9.17) is 4.74 Å². The van der Waals surface area contributed by atoms with Crippen molar-refractivity contribution in [1.29, 1.82) is 0 Å². The zero-order valence-electron chi connectivity index (χ0n) is 13.8. The predicted octanol–water partition coefficient (Wildman–Crippen LogP) is 2.62. The summed E-state index contributed by atoms with van der Waals surface area (Å²) < 4.78 is 31.8. The largest absolute Gasteiger partial charge is 0.376 e. The summed E-state index contributed by atoms with van der Waals surface area (Å²) in [5.41, 5.74) is 0.448. The van der Waals surface area contributed by atoms with Crippen LogP contribution >= 0.6 is 0 Å². The fraction of sp³-hybridized carbons (Fsp3) is 0.263. The van der Waals surface area contributed by atoms with Crippen LogP contribution in [0, 0.1) is 23.5 Å². The zero-order valence-corrected chi connectivity index (χ0v) is 13.8. The van der Waals surface area contributed by atoms with Gasteiger partial charge in [-0.15, -0.1) is 0 Å². The maximum absolute atomic E-state index is 13.5. The van der Waals surface area contributed by atoms with Crippen molar-refractivity contribution >= 4 is 5.91 Å². The second kappa shape index (κ2) is 6.61. The molecule has 3 rings (SSSR count). The number of hydrogen-bond acceptors (Lipinski definition) is 3. The van der Waals surface area contributed by atoms with Gasteiger partial charge in [0.2, 0.25) is 0 Å². The van der Waals surface area contributed by atoms with Crippen molar-refractivity contribution in [3.63, 3.8) is 0 Å². The molecule has 0 radical (unpaired) electrons. The Morgan fingerprint density at radius 3 is 2.60 bits per heavy atom. The van der Waals surface area contributed by atoms with Crippen LogP contribution in [0.3, 0.4) is 0 Å². The predicted molar refractivity (Wildman–Crippen MR) is 87.9 cm³/mol. The Bertz CT molecular complexity index is 865.